The maximum Gasteiger partial charge on any atom is 0.226 e. The quantitative estimate of drug-likeness (QED) is 0.908. The van der Waals surface area contributed by atoms with Crippen molar-refractivity contribution in [2.45, 2.75) is 58.5 Å². The lowest BCUT2D eigenvalue weighted by molar-refractivity contribution is -0.137. The van der Waals surface area contributed by atoms with Gasteiger partial charge in [-0.05, 0) is 64.1 Å². The third kappa shape index (κ3) is 3.05. The third-order valence-electron chi connectivity index (χ3n) is 5.30. The number of benzene rings is 1. The van der Waals surface area contributed by atoms with E-state index in [4.69, 9.17) is 0 Å². The lowest BCUT2D eigenvalue weighted by Gasteiger charge is -2.33. The second-order valence-corrected chi connectivity index (χ2v) is 7.13. The molecule has 0 bridgehead atoms. The van der Waals surface area contributed by atoms with Crippen molar-refractivity contribution in [1.82, 2.24) is 10.2 Å². The standard InChI is InChI=1S/C19H28N2O/c1-13-6-7-14(2)17(11-13)18-5-4-10-21(18)19(22)16-8-9-20-15(3)12-16/h6-7,11,15-16,18,20H,4-5,8-10,12H2,1-3H3/t15-,16-,18?/m0/s1. The van der Waals surface area contributed by atoms with Gasteiger partial charge in [-0.2, -0.15) is 0 Å². The van der Waals surface area contributed by atoms with E-state index in [1.165, 1.54) is 16.7 Å². The van der Waals surface area contributed by atoms with Crippen molar-refractivity contribution in [3.63, 3.8) is 0 Å². The van der Waals surface area contributed by atoms with Crippen LogP contribution in [0.25, 0.3) is 0 Å². The van der Waals surface area contributed by atoms with Crippen molar-refractivity contribution >= 4 is 5.91 Å². The molecule has 1 aromatic carbocycles. The van der Waals surface area contributed by atoms with Gasteiger partial charge in [0.25, 0.3) is 0 Å². The van der Waals surface area contributed by atoms with Gasteiger partial charge in [-0.25, -0.2) is 0 Å². The van der Waals surface area contributed by atoms with Crippen LogP contribution in [0.1, 0.15) is 55.3 Å². The van der Waals surface area contributed by atoms with Gasteiger partial charge in [0.2, 0.25) is 5.91 Å². The Labute approximate surface area is 134 Å². The van der Waals surface area contributed by atoms with Crippen LogP contribution in [0.3, 0.4) is 0 Å². The number of piperidine rings is 1. The molecule has 120 valence electrons. The normalized spacial score (nSPS) is 28.9. The van der Waals surface area contributed by atoms with Gasteiger partial charge in [-0.3, -0.25) is 4.79 Å². The zero-order valence-electron chi connectivity index (χ0n) is 14.1. The predicted octanol–water partition coefficient (Wildman–Crippen LogP) is 3.36. The number of nitrogens with one attached hydrogen (secondary N) is 1. The average Bonchev–Trinajstić information content (AvgIpc) is 2.98. The molecule has 2 aliphatic heterocycles. The van der Waals surface area contributed by atoms with E-state index in [1.807, 2.05) is 0 Å². The topological polar surface area (TPSA) is 32.3 Å². The minimum atomic E-state index is 0.210. The van der Waals surface area contributed by atoms with Crippen LogP contribution < -0.4 is 5.32 Å². The molecule has 1 aromatic rings. The molecule has 2 aliphatic rings. The maximum absolute atomic E-state index is 13.0. The number of hydrogen-bond donors (Lipinski definition) is 1. The number of hydrogen-bond acceptors (Lipinski definition) is 2. The van der Waals surface area contributed by atoms with Gasteiger partial charge in [-0.15, -0.1) is 0 Å². The molecule has 2 saturated heterocycles. The highest BCUT2D eigenvalue weighted by atomic mass is 16.2. The second kappa shape index (κ2) is 6.41. The SMILES string of the molecule is Cc1ccc(C)c(C2CCCN2C(=O)[C@H]2CCN[C@@H](C)C2)c1. The van der Waals surface area contributed by atoms with Crippen molar-refractivity contribution in [2.24, 2.45) is 5.92 Å². The van der Waals surface area contributed by atoms with Gasteiger partial charge >= 0.3 is 0 Å². The van der Waals surface area contributed by atoms with Crippen LogP contribution >= 0.6 is 0 Å². The Morgan fingerprint density at radius 1 is 1.27 bits per heavy atom. The molecule has 3 nitrogen and oxygen atoms in total. The van der Waals surface area contributed by atoms with E-state index in [0.29, 0.717) is 11.9 Å². The van der Waals surface area contributed by atoms with E-state index in [1.54, 1.807) is 0 Å². The van der Waals surface area contributed by atoms with Crippen LogP contribution in [0.2, 0.25) is 0 Å². The molecule has 0 aromatic heterocycles. The third-order valence-corrected chi connectivity index (χ3v) is 5.30. The van der Waals surface area contributed by atoms with E-state index in [9.17, 15) is 4.79 Å². The van der Waals surface area contributed by atoms with E-state index in [-0.39, 0.29) is 12.0 Å². The summed E-state index contributed by atoms with van der Waals surface area (Å²) in [7, 11) is 0. The first-order valence-corrected chi connectivity index (χ1v) is 8.67. The Bertz CT molecular complexity index is 554. The summed E-state index contributed by atoms with van der Waals surface area (Å²) < 4.78 is 0. The van der Waals surface area contributed by atoms with E-state index < -0.39 is 0 Å². The number of carbonyl (C=O) groups is 1. The van der Waals surface area contributed by atoms with Gasteiger partial charge < -0.3 is 10.2 Å². The minimum absolute atomic E-state index is 0.210. The zero-order chi connectivity index (χ0) is 15.7. The zero-order valence-corrected chi connectivity index (χ0v) is 14.1. The largest absolute Gasteiger partial charge is 0.335 e. The number of carbonyl (C=O) groups excluding carboxylic acids is 1. The summed E-state index contributed by atoms with van der Waals surface area (Å²) in [5.74, 6) is 0.596. The summed E-state index contributed by atoms with van der Waals surface area (Å²) in [6.07, 6.45) is 4.20. The van der Waals surface area contributed by atoms with Gasteiger partial charge in [0.15, 0.2) is 0 Å². The minimum Gasteiger partial charge on any atom is -0.335 e. The monoisotopic (exact) mass is 300 g/mol. The lowest BCUT2D eigenvalue weighted by Crippen LogP contribution is -2.44. The van der Waals surface area contributed by atoms with Crippen LogP contribution in [-0.4, -0.2) is 29.9 Å². The van der Waals surface area contributed by atoms with Crippen molar-refractivity contribution < 1.29 is 4.79 Å². The van der Waals surface area contributed by atoms with Gasteiger partial charge in [0.05, 0.1) is 6.04 Å². The molecule has 2 heterocycles. The van der Waals surface area contributed by atoms with Gasteiger partial charge in [0, 0.05) is 18.5 Å². The average molecular weight is 300 g/mol. The molecule has 3 atom stereocenters. The number of aryl methyl sites for hydroxylation is 2. The first-order valence-electron chi connectivity index (χ1n) is 8.67. The first kappa shape index (κ1) is 15.5. The number of nitrogens with zero attached hydrogens (tertiary/aromatic N) is 1. The molecule has 2 fully saturated rings. The fourth-order valence-electron chi connectivity index (χ4n) is 4.06. The van der Waals surface area contributed by atoms with Crippen molar-refractivity contribution in [3.8, 4) is 0 Å². The summed E-state index contributed by atoms with van der Waals surface area (Å²) in [6.45, 7) is 8.39. The Kier molecular flexibility index (Phi) is 4.53. The molecule has 0 aliphatic carbocycles. The van der Waals surface area contributed by atoms with E-state index >= 15 is 0 Å². The predicted molar refractivity (Wildman–Crippen MR) is 89.8 cm³/mol. The molecule has 3 heteroatoms. The summed E-state index contributed by atoms with van der Waals surface area (Å²) in [4.78, 5) is 15.2. The van der Waals surface area contributed by atoms with E-state index in [0.717, 1.165) is 38.8 Å². The Hall–Kier alpha value is -1.35. The van der Waals surface area contributed by atoms with Crippen molar-refractivity contribution in [3.05, 3.63) is 34.9 Å². The molecule has 0 saturated carbocycles. The molecule has 0 radical (unpaired) electrons. The van der Waals surface area contributed by atoms with E-state index in [2.05, 4.69) is 49.2 Å². The number of amides is 1. The van der Waals surface area contributed by atoms with Crippen molar-refractivity contribution in [2.75, 3.05) is 13.1 Å². The lowest BCUT2D eigenvalue weighted by atomic mass is 9.90. The highest BCUT2D eigenvalue weighted by molar-refractivity contribution is 5.80. The maximum atomic E-state index is 13.0. The summed E-state index contributed by atoms with van der Waals surface area (Å²) in [5.41, 5.74) is 3.96. The summed E-state index contributed by atoms with van der Waals surface area (Å²) in [6, 6.07) is 7.38. The van der Waals surface area contributed by atoms with Crippen molar-refractivity contribution in [1.29, 1.82) is 0 Å². The molecule has 3 rings (SSSR count). The van der Waals surface area contributed by atoms with Crippen LogP contribution in [0, 0.1) is 19.8 Å². The number of rotatable bonds is 2. The van der Waals surface area contributed by atoms with Gasteiger partial charge in [0.1, 0.15) is 0 Å². The summed E-state index contributed by atoms with van der Waals surface area (Å²) >= 11 is 0. The molecule has 22 heavy (non-hydrogen) atoms. The Morgan fingerprint density at radius 2 is 2.09 bits per heavy atom. The molecule has 1 N–H and O–H groups in total. The second-order valence-electron chi connectivity index (χ2n) is 7.13. The Morgan fingerprint density at radius 3 is 2.86 bits per heavy atom. The molecule has 1 amide bonds. The highest BCUT2D eigenvalue weighted by Crippen LogP contribution is 2.36. The smallest absolute Gasteiger partial charge is 0.226 e. The fourth-order valence-corrected chi connectivity index (χ4v) is 4.06. The molecule has 1 unspecified atom stereocenters. The van der Waals surface area contributed by atoms with Gasteiger partial charge in [-0.1, -0.05) is 23.8 Å². The van der Waals surface area contributed by atoms with Crippen LogP contribution in [0.4, 0.5) is 0 Å². The van der Waals surface area contributed by atoms with Crippen LogP contribution in [0.5, 0.6) is 0 Å². The molecular formula is C19H28N2O. The van der Waals surface area contributed by atoms with Crippen LogP contribution in [0.15, 0.2) is 18.2 Å². The molecule has 0 spiro atoms. The highest BCUT2D eigenvalue weighted by Gasteiger charge is 2.35. The fraction of sp³-hybridized carbons (Fsp3) is 0.632. The molecular weight excluding hydrogens is 272 g/mol. The summed E-state index contributed by atoms with van der Waals surface area (Å²) in [5, 5.41) is 3.45. The van der Waals surface area contributed by atoms with Crippen LogP contribution in [-0.2, 0) is 4.79 Å². The first-order chi connectivity index (χ1) is 10.6. The Balaban J connectivity index is 1.80. The number of likely N-dealkylation sites (tertiary alicyclic amines) is 1.